The van der Waals surface area contributed by atoms with Gasteiger partial charge in [-0.05, 0) is 67.3 Å². The molecule has 2 amide bonds. The molecule has 1 unspecified atom stereocenters. The summed E-state index contributed by atoms with van der Waals surface area (Å²) < 4.78 is 11.1. The first-order chi connectivity index (χ1) is 14.0. The summed E-state index contributed by atoms with van der Waals surface area (Å²) in [7, 11) is 0. The molecule has 2 aromatic carbocycles. The Balaban J connectivity index is 1.50. The summed E-state index contributed by atoms with van der Waals surface area (Å²) in [6.45, 7) is 6.09. The second-order valence-electron chi connectivity index (χ2n) is 7.61. The third kappa shape index (κ3) is 6.32. The van der Waals surface area contributed by atoms with Crippen LogP contribution in [-0.4, -0.2) is 37.7 Å². The fourth-order valence-corrected chi connectivity index (χ4v) is 2.99. The van der Waals surface area contributed by atoms with Gasteiger partial charge < -0.3 is 20.1 Å². The lowest BCUT2D eigenvalue weighted by atomic mass is 10.1. The lowest BCUT2D eigenvalue weighted by Gasteiger charge is -2.11. The molecule has 6 nitrogen and oxygen atoms in total. The van der Waals surface area contributed by atoms with Gasteiger partial charge in [-0.15, -0.1) is 0 Å². The van der Waals surface area contributed by atoms with E-state index >= 15 is 0 Å². The number of anilines is 1. The van der Waals surface area contributed by atoms with E-state index in [0.29, 0.717) is 35.9 Å². The fourth-order valence-electron chi connectivity index (χ4n) is 2.99. The molecule has 2 aromatic rings. The smallest absolute Gasteiger partial charge is 0.255 e. The van der Waals surface area contributed by atoms with Gasteiger partial charge in [-0.25, -0.2) is 0 Å². The molecule has 0 saturated carbocycles. The molecule has 1 aliphatic heterocycles. The Morgan fingerprint density at radius 1 is 1.03 bits per heavy atom. The second-order valence-corrected chi connectivity index (χ2v) is 7.61. The average Bonchev–Trinajstić information content (AvgIpc) is 3.25. The van der Waals surface area contributed by atoms with Gasteiger partial charge in [0.2, 0.25) is 0 Å². The van der Waals surface area contributed by atoms with Crippen LogP contribution in [0.1, 0.15) is 47.4 Å². The topological polar surface area (TPSA) is 76.7 Å². The van der Waals surface area contributed by atoms with Crippen molar-refractivity contribution < 1.29 is 19.1 Å². The predicted molar refractivity (Wildman–Crippen MR) is 112 cm³/mol. The maximum absolute atomic E-state index is 12.4. The number of amides is 2. The minimum atomic E-state index is -0.212. The van der Waals surface area contributed by atoms with Gasteiger partial charge in [-0.2, -0.15) is 0 Å². The molecule has 0 spiro atoms. The van der Waals surface area contributed by atoms with Gasteiger partial charge in [0.05, 0.1) is 12.7 Å². The summed E-state index contributed by atoms with van der Waals surface area (Å²) in [4.78, 5) is 24.6. The number of carbonyl (C=O) groups excluding carboxylic acids is 2. The highest BCUT2D eigenvalue weighted by molar-refractivity contribution is 6.04. The van der Waals surface area contributed by atoms with E-state index in [1.54, 1.807) is 48.5 Å². The van der Waals surface area contributed by atoms with E-state index in [4.69, 9.17) is 9.47 Å². The molecule has 2 N–H and O–H groups in total. The highest BCUT2D eigenvalue weighted by atomic mass is 16.5. The molecule has 3 rings (SSSR count). The molecule has 29 heavy (non-hydrogen) atoms. The first kappa shape index (κ1) is 20.9. The van der Waals surface area contributed by atoms with E-state index in [-0.39, 0.29) is 17.9 Å². The summed E-state index contributed by atoms with van der Waals surface area (Å²) >= 11 is 0. The SMILES string of the molecule is CC(C)COc1ccc(C(=O)Nc2ccc(C(=O)NCC3CCCO3)cc2)cc1. The standard InChI is InChI=1S/C23H28N2O4/c1-16(2)15-29-20-11-7-18(8-12-20)23(27)25-19-9-5-17(6-10-19)22(26)24-14-21-4-3-13-28-21/h5-12,16,21H,3-4,13-15H2,1-2H3,(H,24,26)(H,25,27). The zero-order valence-corrected chi connectivity index (χ0v) is 16.9. The van der Waals surface area contributed by atoms with Crippen molar-refractivity contribution in [3.05, 3.63) is 59.7 Å². The van der Waals surface area contributed by atoms with Gasteiger partial charge >= 0.3 is 0 Å². The van der Waals surface area contributed by atoms with Crippen molar-refractivity contribution in [2.24, 2.45) is 5.92 Å². The molecular formula is C23H28N2O4. The van der Waals surface area contributed by atoms with Crippen LogP contribution in [0.5, 0.6) is 5.75 Å². The molecular weight excluding hydrogens is 368 g/mol. The van der Waals surface area contributed by atoms with Crippen LogP contribution in [0.15, 0.2) is 48.5 Å². The Morgan fingerprint density at radius 2 is 1.69 bits per heavy atom. The Bertz CT molecular complexity index is 810. The largest absolute Gasteiger partial charge is 0.493 e. The molecule has 154 valence electrons. The zero-order valence-electron chi connectivity index (χ0n) is 16.9. The predicted octanol–water partition coefficient (Wildman–Crippen LogP) is 3.88. The molecule has 1 fully saturated rings. The molecule has 1 heterocycles. The minimum Gasteiger partial charge on any atom is -0.493 e. The Kier molecular flexibility index (Phi) is 7.25. The summed E-state index contributed by atoms with van der Waals surface area (Å²) in [6, 6.07) is 13.9. The third-order valence-electron chi connectivity index (χ3n) is 4.62. The van der Waals surface area contributed by atoms with Crippen LogP contribution in [0.4, 0.5) is 5.69 Å². The van der Waals surface area contributed by atoms with E-state index in [1.807, 2.05) is 0 Å². The van der Waals surface area contributed by atoms with Crippen LogP contribution in [0.2, 0.25) is 0 Å². The van der Waals surface area contributed by atoms with E-state index in [1.165, 1.54) is 0 Å². The summed E-state index contributed by atoms with van der Waals surface area (Å²) in [5, 5.41) is 5.73. The highest BCUT2D eigenvalue weighted by Crippen LogP contribution is 2.16. The van der Waals surface area contributed by atoms with Crippen molar-refractivity contribution >= 4 is 17.5 Å². The van der Waals surface area contributed by atoms with Gasteiger partial charge in [0, 0.05) is 30.0 Å². The van der Waals surface area contributed by atoms with Crippen molar-refractivity contribution in [2.45, 2.75) is 32.8 Å². The second kappa shape index (κ2) is 10.1. The molecule has 1 aliphatic rings. The van der Waals surface area contributed by atoms with Gasteiger partial charge in [0.25, 0.3) is 11.8 Å². The number of benzene rings is 2. The van der Waals surface area contributed by atoms with Gasteiger partial charge in [-0.3, -0.25) is 9.59 Å². The van der Waals surface area contributed by atoms with E-state index in [9.17, 15) is 9.59 Å². The van der Waals surface area contributed by atoms with Crippen LogP contribution in [-0.2, 0) is 4.74 Å². The minimum absolute atomic E-state index is 0.111. The zero-order chi connectivity index (χ0) is 20.6. The maximum Gasteiger partial charge on any atom is 0.255 e. The number of rotatable bonds is 8. The molecule has 0 radical (unpaired) electrons. The number of hydrogen-bond donors (Lipinski definition) is 2. The van der Waals surface area contributed by atoms with Gasteiger partial charge in [-0.1, -0.05) is 13.8 Å². The van der Waals surface area contributed by atoms with Crippen molar-refractivity contribution in [3.63, 3.8) is 0 Å². The number of hydrogen-bond acceptors (Lipinski definition) is 4. The maximum atomic E-state index is 12.4. The summed E-state index contributed by atoms with van der Waals surface area (Å²) in [6.07, 6.45) is 2.14. The molecule has 1 saturated heterocycles. The average molecular weight is 396 g/mol. The van der Waals surface area contributed by atoms with Crippen LogP contribution < -0.4 is 15.4 Å². The van der Waals surface area contributed by atoms with Gasteiger partial charge in [0.1, 0.15) is 5.75 Å². The van der Waals surface area contributed by atoms with Crippen LogP contribution >= 0.6 is 0 Å². The molecule has 0 bridgehead atoms. The summed E-state index contributed by atoms with van der Waals surface area (Å²) in [5.41, 5.74) is 1.72. The monoisotopic (exact) mass is 396 g/mol. The molecule has 1 atom stereocenters. The lowest BCUT2D eigenvalue weighted by Crippen LogP contribution is -2.31. The number of carbonyl (C=O) groups is 2. The molecule has 0 aromatic heterocycles. The number of ether oxygens (including phenoxy) is 2. The number of nitrogens with one attached hydrogen (secondary N) is 2. The van der Waals surface area contributed by atoms with Crippen molar-refractivity contribution in [1.82, 2.24) is 5.32 Å². The first-order valence-corrected chi connectivity index (χ1v) is 10.1. The normalized spacial score (nSPS) is 15.9. The molecule has 0 aliphatic carbocycles. The van der Waals surface area contributed by atoms with E-state index in [2.05, 4.69) is 24.5 Å². The summed E-state index contributed by atoms with van der Waals surface area (Å²) in [5.74, 6) is 0.832. The lowest BCUT2D eigenvalue weighted by molar-refractivity contribution is 0.0857. The van der Waals surface area contributed by atoms with Gasteiger partial charge in [0.15, 0.2) is 0 Å². The van der Waals surface area contributed by atoms with Crippen molar-refractivity contribution in [2.75, 3.05) is 25.1 Å². The van der Waals surface area contributed by atoms with Crippen LogP contribution in [0.25, 0.3) is 0 Å². The Labute approximate surface area is 171 Å². The molecule has 6 heteroatoms. The van der Waals surface area contributed by atoms with Crippen molar-refractivity contribution in [1.29, 1.82) is 0 Å². The first-order valence-electron chi connectivity index (χ1n) is 10.1. The van der Waals surface area contributed by atoms with E-state index in [0.717, 1.165) is 25.2 Å². The van der Waals surface area contributed by atoms with Crippen LogP contribution in [0.3, 0.4) is 0 Å². The van der Waals surface area contributed by atoms with Crippen LogP contribution in [0, 0.1) is 5.92 Å². The Morgan fingerprint density at radius 3 is 2.31 bits per heavy atom. The van der Waals surface area contributed by atoms with Crippen molar-refractivity contribution in [3.8, 4) is 5.75 Å². The third-order valence-corrected chi connectivity index (χ3v) is 4.62. The Hall–Kier alpha value is -2.86. The highest BCUT2D eigenvalue weighted by Gasteiger charge is 2.16. The van der Waals surface area contributed by atoms with E-state index < -0.39 is 0 Å². The fraction of sp³-hybridized carbons (Fsp3) is 0.391. The quantitative estimate of drug-likeness (QED) is 0.710.